The van der Waals surface area contributed by atoms with Crippen LogP contribution in [0.4, 0.5) is 4.39 Å². The van der Waals surface area contributed by atoms with Crippen molar-refractivity contribution in [3.05, 3.63) is 12.2 Å². The van der Waals surface area contributed by atoms with Crippen molar-refractivity contribution >= 4 is 0 Å². The number of hydrogen-bond acceptors (Lipinski definition) is 1. The van der Waals surface area contributed by atoms with E-state index in [1.54, 1.807) is 0 Å². The minimum absolute atomic E-state index is 0.205. The maximum Gasteiger partial charge on any atom is 0.0897 e. The van der Waals surface area contributed by atoms with Gasteiger partial charge in [-0.1, -0.05) is 39.8 Å². The van der Waals surface area contributed by atoms with Crippen molar-refractivity contribution in [1.29, 1.82) is 0 Å². The van der Waals surface area contributed by atoms with Crippen LogP contribution in [0.5, 0.6) is 0 Å². The van der Waals surface area contributed by atoms with Crippen LogP contribution >= 0.6 is 0 Å². The molecule has 0 bridgehead atoms. The highest BCUT2D eigenvalue weighted by Crippen LogP contribution is 2.36. The highest BCUT2D eigenvalue weighted by Gasteiger charge is 2.27. The fraction of sp³-hybridized carbons (Fsp3) is 0.867. The van der Waals surface area contributed by atoms with E-state index in [0.29, 0.717) is 17.3 Å². The SMILES string of the molecule is CNCC(C)(C)CC(C)(C)C/C=C\CCCF. The third-order valence-corrected chi connectivity index (χ3v) is 2.95. The van der Waals surface area contributed by atoms with Gasteiger partial charge in [-0.15, -0.1) is 0 Å². The van der Waals surface area contributed by atoms with E-state index < -0.39 is 0 Å². The monoisotopic (exact) mass is 243 g/mol. The Hall–Kier alpha value is -0.370. The normalized spacial score (nSPS) is 13.5. The molecular formula is C15H30FN. The second-order valence-corrected chi connectivity index (χ2v) is 6.54. The van der Waals surface area contributed by atoms with Crippen LogP contribution in [-0.4, -0.2) is 20.3 Å². The number of unbranched alkanes of at least 4 members (excludes halogenated alkanes) is 1. The van der Waals surface area contributed by atoms with Crippen molar-refractivity contribution in [2.75, 3.05) is 20.3 Å². The van der Waals surface area contributed by atoms with Crippen molar-refractivity contribution in [2.45, 2.75) is 53.4 Å². The van der Waals surface area contributed by atoms with E-state index in [-0.39, 0.29) is 6.67 Å². The van der Waals surface area contributed by atoms with Gasteiger partial charge in [0.15, 0.2) is 0 Å². The summed E-state index contributed by atoms with van der Waals surface area (Å²) in [6, 6.07) is 0. The molecule has 0 radical (unpaired) electrons. The van der Waals surface area contributed by atoms with Crippen molar-refractivity contribution < 1.29 is 4.39 Å². The van der Waals surface area contributed by atoms with Gasteiger partial charge >= 0.3 is 0 Å². The summed E-state index contributed by atoms with van der Waals surface area (Å²) in [4.78, 5) is 0. The van der Waals surface area contributed by atoms with Crippen molar-refractivity contribution in [3.8, 4) is 0 Å². The first-order chi connectivity index (χ1) is 7.83. The first-order valence-corrected chi connectivity index (χ1v) is 6.68. The summed E-state index contributed by atoms with van der Waals surface area (Å²) in [7, 11) is 2.01. The van der Waals surface area contributed by atoms with E-state index in [1.165, 1.54) is 6.42 Å². The maximum absolute atomic E-state index is 11.9. The van der Waals surface area contributed by atoms with Crippen LogP contribution in [0.3, 0.4) is 0 Å². The molecular weight excluding hydrogens is 213 g/mol. The molecule has 1 nitrogen and oxygen atoms in total. The van der Waals surface area contributed by atoms with Crippen molar-refractivity contribution in [1.82, 2.24) is 5.32 Å². The van der Waals surface area contributed by atoms with Crippen LogP contribution < -0.4 is 5.32 Å². The van der Waals surface area contributed by atoms with E-state index in [1.807, 2.05) is 7.05 Å². The molecule has 0 aromatic carbocycles. The number of halogens is 1. The second kappa shape index (κ2) is 7.86. The molecule has 0 saturated carbocycles. The Morgan fingerprint density at radius 3 is 2.24 bits per heavy atom. The van der Waals surface area contributed by atoms with Gasteiger partial charge < -0.3 is 5.32 Å². The Labute approximate surface area is 107 Å². The number of nitrogens with one attached hydrogen (secondary N) is 1. The predicted octanol–water partition coefficient (Wildman–Crippen LogP) is 4.34. The van der Waals surface area contributed by atoms with Crippen LogP contribution in [0.2, 0.25) is 0 Å². The van der Waals surface area contributed by atoms with Gasteiger partial charge in [0.05, 0.1) is 6.67 Å². The minimum Gasteiger partial charge on any atom is -0.319 e. The lowest BCUT2D eigenvalue weighted by molar-refractivity contribution is 0.194. The second-order valence-electron chi connectivity index (χ2n) is 6.54. The maximum atomic E-state index is 11.9. The van der Waals surface area contributed by atoms with Gasteiger partial charge in [-0.2, -0.15) is 0 Å². The van der Waals surface area contributed by atoms with E-state index >= 15 is 0 Å². The van der Waals surface area contributed by atoms with Crippen LogP contribution in [-0.2, 0) is 0 Å². The summed E-state index contributed by atoms with van der Waals surface area (Å²) in [5.41, 5.74) is 0.637. The molecule has 0 spiro atoms. The molecule has 102 valence electrons. The van der Waals surface area contributed by atoms with Gasteiger partial charge in [-0.05, 0) is 50.1 Å². The van der Waals surface area contributed by atoms with E-state index in [0.717, 1.165) is 19.4 Å². The summed E-state index contributed by atoms with van der Waals surface area (Å²) in [5, 5.41) is 3.25. The quantitative estimate of drug-likeness (QED) is 0.469. The largest absolute Gasteiger partial charge is 0.319 e. The molecule has 0 atom stereocenters. The summed E-state index contributed by atoms with van der Waals surface area (Å²) in [6.45, 7) is 10.1. The summed E-state index contributed by atoms with van der Waals surface area (Å²) >= 11 is 0. The molecule has 0 rings (SSSR count). The molecule has 0 saturated heterocycles. The predicted molar refractivity (Wildman–Crippen MR) is 75.1 cm³/mol. The molecule has 0 unspecified atom stereocenters. The molecule has 0 amide bonds. The zero-order chi connectivity index (χ0) is 13.4. The van der Waals surface area contributed by atoms with E-state index in [2.05, 4.69) is 45.2 Å². The van der Waals surface area contributed by atoms with Gasteiger partial charge in [0.1, 0.15) is 0 Å². The van der Waals surface area contributed by atoms with E-state index in [4.69, 9.17) is 0 Å². The Morgan fingerprint density at radius 1 is 1.06 bits per heavy atom. The standard InChI is InChI=1S/C15H30FN/c1-14(2,10-8-6-7-9-11-16)12-15(3,4)13-17-5/h6,8,17H,7,9-13H2,1-5H3/b8-6-. The van der Waals surface area contributed by atoms with Crippen LogP contribution in [0.15, 0.2) is 12.2 Å². The van der Waals surface area contributed by atoms with Crippen molar-refractivity contribution in [3.63, 3.8) is 0 Å². The molecule has 0 fully saturated rings. The average molecular weight is 243 g/mol. The van der Waals surface area contributed by atoms with Gasteiger partial charge in [0.2, 0.25) is 0 Å². The first-order valence-electron chi connectivity index (χ1n) is 6.68. The minimum atomic E-state index is -0.205. The van der Waals surface area contributed by atoms with Crippen LogP contribution in [0.25, 0.3) is 0 Å². The fourth-order valence-corrected chi connectivity index (χ4v) is 2.62. The molecule has 0 aromatic rings. The number of alkyl halides is 1. The molecule has 0 aromatic heterocycles. The molecule has 0 aliphatic heterocycles. The number of hydrogen-bond donors (Lipinski definition) is 1. The third kappa shape index (κ3) is 9.34. The topological polar surface area (TPSA) is 12.0 Å². The third-order valence-electron chi connectivity index (χ3n) is 2.95. The summed E-state index contributed by atoms with van der Waals surface area (Å²) in [6.07, 6.45) is 8.12. The van der Waals surface area contributed by atoms with Gasteiger partial charge in [-0.25, -0.2) is 0 Å². The molecule has 0 heterocycles. The Balaban J connectivity index is 4.06. The van der Waals surface area contributed by atoms with Crippen LogP contribution in [0.1, 0.15) is 53.4 Å². The van der Waals surface area contributed by atoms with Gasteiger partial charge in [-0.3, -0.25) is 4.39 Å². The first kappa shape index (κ1) is 16.6. The zero-order valence-corrected chi connectivity index (χ0v) is 12.3. The zero-order valence-electron chi connectivity index (χ0n) is 12.3. The van der Waals surface area contributed by atoms with Crippen molar-refractivity contribution in [2.24, 2.45) is 10.8 Å². The highest BCUT2D eigenvalue weighted by molar-refractivity contribution is 4.90. The van der Waals surface area contributed by atoms with E-state index in [9.17, 15) is 4.39 Å². The van der Waals surface area contributed by atoms with Crippen LogP contribution in [0, 0.1) is 10.8 Å². The fourth-order valence-electron chi connectivity index (χ4n) is 2.62. The molecule has 1 N–H and O–H groups in total. The summed E-state index contributed by atoms with van der Waals surface area (Å²) in [5.74, 6) is 0. The lowest BCUT2D eigenvalue weighted by Gasteiger charge is -2.34. The van der Waals surface area contributed by atoms with Gasteiger partial charge in [0, 0.05) is 0 Å². The highest BCUT2D eigenvalue weighted by atomic mass is 19.1. The van der Waals surface area contributed by atoms with Gasteiger partial charge in [0.25, 0.3) is 0 Å². The molecule has 2 heteroatoms. The smallest absolute Gasteiger partial charge is 0.0897 e. The lowest BCUT2D eigenvalue weighted by Crippen LogP contribution is -2.31. The molecule has 17 heavy (non-hydrogen) atoms. The average Bonchev–Trinajstić information content (AvgIpc) is 2.15. The summed E-state index contributed by atoms with van der Waals surface area (Å²) < 4.78 is 11.9. The molecule has 0 aliphatic carbocycles. The number of allylic oxidation sites excluding steroid dienone is 2. The Bertz CT molecular complexity index is 219. The lowest BCUT2D eigenvalue weighted by atomic mass is 9.73. The Kier molecular flexibility index (Phi) is 7.69. The molecule has 0 aliphatic rings. The Morgan fingerprint density at radius 2 is 1.71 bits per heavy atom. The number of rotatable bonds is 9.